The summed E-state index contributed by atoms with van der Waals surface area (Å²) in [7, 11) is 0. The molecule has 1 unspecified atom stereocenters. The maximum atomic E-state index is 12.6. The highest BCUT2D eigenvalue weighted by Crippen LogP contribution is 2.23. The molecule has 0 radical (unpaired) electrons. The van der Waals surface area contributed by atoms with E-state index in [9.17, 15) is 4.79 Å². The molecule has 21 heavy (non-hydrogen) atoms. The SMILES string of the molecule is Cl.O=C(C1CCNCC1)N1CCCC(N2CCCC2)CC1. The third kappa shape index (κ3) is 4.33. The molecular formula is C16H30ClN3O. The molecular weight excluding hydrogens is 286 g/mol. The fraction of sp³-hybridized carbons (Fsp3) is 0.938. The van der Waals surface area contributed by atoms with Gasteiger partial charge >= 0.3 is 0 Å². The van der Waals surface area contributed by atoms with E-state index >= 15 is 0 Å². The second kappa shape index (κ2) is 8.35. The smallest absolute Gasteiger partial charge is 0.225 e. The van der Waals surface area contributed by atoms with Crippen molar-refractivity contribution >= 4 is 18.3 Å². The molecule has 3 aliphatic rings. The molecule has 122 valence electrons. The number of rotatable bonds is 2. The lowest BCUT2D eigenvalue weighted by atomic mass is 9.96. The molecule has 4 nitrogen and oxygen atoms in total. The molecule has 3 rings (SSSR count). The number of amides is 1. The molecule has 3 aliphatic heterocycles. The number of piperidine rings is 1. The van der Waals surface area contributed by atoms with Crippen LogP contribution in [0.25, 0.3) is 0 Å². The summed E-state index contributed by atoms with van der Waals surface area (Å²) in [5.74, 6) is 0.730. The monoisotopic (exact) mass is 315 g/mol. The number of carbonyl (C=O) groups excluding carboxylic acids is 1. The van der Waals surface area contributed by atoms with Gasteiger partial charge in [0.25, 0.3) is 0 Å². The van der Waals surface area contributed by atoms with Crippen LogP contribution >= 0.6 is 12.4 Å². The van der Waals surface area contributed by atoms with Crippen molar-refractivity contribution < 1.29 is 4.79 Å². The number of likely N-dealkylation sites (tertiary alicyclic amines) is 2. The summed E-state index contributed by atoms with van der Waals surface area (Å²) >= 11 is 0. The standard InChI is InChI=1S/C16H29N3O.ClH/c20-16(14-5-8-17-9-6-14)19-12-3-4-15(7-13-19)18-10-1-2-11-18;/h14-15,17H,1-13H2;1H. The molecule has 0 spiro atoms. The van der Waals surface area contributed by atoms with E-state index in [1.807, 2.05) is 0 Å². The quantitative estimate of drug-likeness (QED) is 0.845. The molecule has 3 fully saturated rings. The lowest BCUT2D eigenvalue weighted by molar-refractivity contribution is -0.136. The molecule has 3 heterocycles. The van der Waals surface area contributed by atoms with Crippen molar-refractivity contribution in [2.75, 3.05) is 39.3 Å². The lowest BCUT2D eigenvalue weighted by Gasteiger charge is -2.29. The second-order valence-electron chi connectivity index (χ2n) is 6.68. The molecule has 0 aromatic carbocycles. The van der Waals surface area contributed by atoms with Crippen LogP contribution in [0.3, 0.4) is 0 Å². The normalized spacial score (nSPS) is 29.0. The van der Waals surface area contributed by atoms with Gasteiger partial charge in [-0.2, -0.15) is 0 Å². The van der Waals surface area contributed by atoms with E-state index < -0.39 is 0 Å². The molecule has 5 heteroatoms. The van der Waals surface area contributed by atoms with Crippen LogP contribution in [0.2, 0.25) is 0 Å². The Morgan fingerprint density at radius 3 is 2.29 bits per heavy atom. The first-order chi connectivity index (χ1) is 9.84. The highest BCUT2D eigenvalue weighted by molar-refractivity contribution is 5.85. The van der Waals surface area contributed by atoms with Gasteiger partial charge in [-0.25, -0.2) is 0 Å². The largest absolute Gasteiger partial charge is 0.342 e. The first-order valence-corrected chi connectivity index (χ1v) is 8.58. The summed E-state index contributed by atoms with van der Waals surface area (Å²) in [5, 5.41) is 3.35. The highest BCUT2D eigenvalue weighted by atomic mass is 35.5. The first kappa shape index (κ1) is 17.0. The molecule has 1 N–H and O–H groups in total. The minimum absolute atomic E-state index is 0. The van der Waals surface area contributed by atoms with Crippen LogP contribution in [0.5, 0.6) is 0 Å². The number of nitrogens with zero attached hydrogens (tertiary/aromatic N) is 2. The Bertz CT molecular complexity index is 327. The van der Waals surface area contributed by atoms with Crippen molar-refractivity contribution in [1.29, 1.82) is 0 Å². The van der Waals surface area contributed by atoms with Gasteiger partial charge < -0.3 is 15.1 Å². The zero-order valence-electron chi connectivity index (χ0n) is 13.1. The van der Waals surface area contributed by atoms with Crippen molar-refractivity contribution in [3.63, 3.8) is 0 Å². The summed E-state index contributed by atoms with van der Waals surface area (Å²) < 4.78 is 0. The van der Waals surface area contributed by atoms with Crippen LogP contribution < -0.4 is 5.32 Å². The van der Waals surface area contributed by atoms with E-state index in [4.69, 9.17) is 0 Å². The maximum Gasteiger partial charge on any atom is 0.225 e. The van der Waals surface area contributed by atoms with Gasteiger partial charge in [0.15, 0.2) is 0 Å². The number of halogens is 1. The lowest BCUT2D eigenvalue weighted by Crippen LogP contribution is -2.42. The number of nitrogens with one attached hydrogen (secondary N) is 1. The molecule has 0 saturated carbocycles. The predicted molar refractivity (Wildman–Crippen MR) is 87.9 cm³/mol. The molecule has 1 atom stereocenters. The van der Waals surface area contributed by atoms with E-state index in [-0.39, 0.29) is 12.4 Å². The van der Waals surface area contributed by atoms with Gasteiger partial charge in [0.05, 0.1) is 0 Å². The van der Waals surface area contributed by atoms with Gasteiger partial charge in [0.2, 0.25) is 5.91 Å². The van der Waals surface area contributed by atoms with E-state index in [1.54, 1.807) is 0 Å². The fourth-order valence-electron chi connectivity index (χ4n) is 4.10. The minimum atomic E-state index is 0. The molecule has 0 bridgehead atoms. The molecule has 3 saturated heterocycles. The molecule has 0 aliphatic carbocycles. The Morgan fingerprint density at radius 2 is 1.57 bits per heavy atom. The van der Waals surface area contributed by atoms with Crippen LogP contribution in [0.15, 0.2) is 0 Å². The van der Waals surface area contributed by atoms with E-state index in [0.717, 1.165) is 45.1 Å². The zero-order chi connectivity index (χ0) is 13.8. The average molecular weight is 316 g/mol. The Kier molecular flexibility index (Phi) is 6.77. The average Bonchev–Trinajstić information content (AvgIpc) is 2.92. The third-order valence-corrected chi connectivity index (χ3v) is 5.35. The van der Waals surface area contributed by atoms with Crippen LogP contribution in [-0.4, -0.2) is 61.0 Å². The Morgan fingerprint density at radius 1 is 0.857 bits per heavy atom. The summed E-state index contributed by atoms with van der Waals surface area (Å²) in [6.07, 6.45) is 8.48. The minimum Gasteiger partial charge on any atom is -0.342 e. The van der Waals surface area contributed by atoms with E-state index in [1.165, 1.54) is 45.2 Å². The number of carbonyl (C=O) groups is 1. The van der Waals surface area contributed by atoms with Gasteiger partial charge in [0.1, 0.15) is 0 Å². The Labute approximate surface area is 135 Å². The fourth-order valence-corrected chi connectivity index (χ4v) is 4.10. The van der Waals surface area contributed by atoms with Gasteiger partial charge in [0, 0.05) is 25.0 Å². The van der Waals surface area contributed by atoms with Gasteiger partial charge in [-0.05, 0) is 71.1 Å². The second-order valence-corrected chi connectivity index (χ2v) is 6.68. The number of hydrogen-bond donors (Lipinski definition) is 1. The van der Waals surface area contributed by atoms with E-state index in [0.29, 0.717) is 11.8 Å². The van der Waals surface area contributed by atoms with Crippen LogP contribution in [-0.2, 0) is 4.79 Å². The zero-order valence-corrected chi connectivity index (χ0v) is 13.9. The van der Waals surface area contributed by atoms with Crippen molar-refractivity contribution in [2.45, 2.75) is 51.0 Å². The summed E-state index contributed by atoms with van der Waals surface area (Å²) in [4.78, 5) is 17.5. The molecule has 0 aromatic rings. The Balaban J connectivity index is 0.00000161. The Hall–Kier alpha value is -0.320. The van der Waals surface area contributed by atoms with Crippen LogP contribution in [0.1, 0.15) is 44.9 Å². The third-order valence-electron chi connectivity index (χ3n) is 5.35. The molecule has 0 aromatic heterocycles. The van der Waals surface area contributed by atoms with Crippen LogP contribution in [0.4, 0.5) is 0 Å². The highest BCUT2D eigenvalue weighted by Gasteiger charge is 2.29. The van der Waals surface area contributed by atoms with Gasteiger partial charge in [-0.3, -0.25) is 4.79 Å². The topological polar surface area (TPSA) is 35.6 Å². The van der Waals surface area contributed by atoms with Crippen molar-refractivity contribution in [3.05, 3.63) is 0 Å². The van der Waals surface area contributed by atoms with Crippen molar-refractivity contribution in [2.24, 2.45) is 5.92 Å². The van der Waals surface area contributed by atoms with Crippen molar-refractivity contribution in [1.82, 2.24) is 15.1 Å². The summed E-state index contributed by atoms with van der Waals surface area (Å²) in [6.45, 7) is 6.58. The van der Waals surface area contributed by atoms with Gasteiger partial charge in [-0.15, -0.1) is 12.4 Å². The van der Waals surface area contributed by atoms with E-state index in [2.05, 4.69) is 15.1 Å². The summed E-state index contributed by atoms with van der Waals surface area (Å²) in [5.41, 5.74) is 0. The first-order valence-electron chi connectivity index (χ1n) is 8.58. The number of hydrogen-bond acceptors (Lipinski definition) is 3. The van der Waals surface area contributed by atoms with Crippen molar-refractivity contribution in [3.8, 4) is 0 Å². The predicted octanol–water partition coefficient (Wildman–Crippen LogP) is 1.88. The van der Waals surface area contributed by atoms with Crippen LogP contribution in [0, 0.1) is 5.92 Å². The molecule has 1 amide bonds. The van der Waals surface area contributed by atoms with Gasteiger partial charge in [-0.1, -0.05) is 0 Å². The summed E-state index contributed by atoms with van der Waals surface area (Å²) in [6, 6.07) is 0.739. The maximum absolute atomic E-state index is 12.6.